The summed E-state index contributed by atoms with van der Waals surface area (Å²) < 4.78 is 1.11. The summed E-state index contributed by atoms with van der Waals surface area (Å²) in [6.45, 7) is 4.64. The van der Waals surface area contributed by atoms with E-state index in [0.29, 0.717) is 11.7 Å². The number of carboxylic acid groups (broad SMARTS) is 1. The third-order valence-corrected chi connectivity index (χ3v) is 5.16. The van der Waals surface area contributed by atoms with E-state index in [4.69, 9.17) is 5.11 Å². The van der Waals surface area contributed by atoms with Gasteiger partial charge in [-0.05, 0) is 43.5 Å². The topological polar surface area (TPSA) is 78.4 Å². The molecule has 0 saturated carbocycles. The van der Waals surface area contributed by atoms with E-state index in [9.17, 15) is 4.79 Å². The smallest absolute Gasteiger partial charge is 0.331 e. The average Bonchev–Trinajstić information content (AvgIpc) is 3.10. The Morgan fingerprint density at radius 2 is 2.11 bits per heavy atom. The van der Waals surface area contributed by atoms with Gasteiger partial charge in [0.05, 0.1) is 18.1 Å². The third kappa shape index (κ3) is 5.87. The first-order valence-electron chi connectivity index (χ1n) is 8.96. The van der Waals surface area contributed by atoms with Crippen LogP contribution >= 0.6 is 15.9 Å². The van der Waals surface area contributed by atoms with E-state index in [0.717, 1.165) is 42.8 Å². The molecule has 0 spiro atoms. The lowest BCUT2D eigenvalue weighted by Crippen LogP contribution is -2.28. The van der Waals surface area contributed by atoms with Gasteiger partial charge in [-0.15, -0.1) is 0 Å². The normalized spacial score (nSPS) is 17.9. The van der Waals surface area contributed by atoms with Crippen LogP contribution in [0.25, 0.3) is 6.08 Å². The fourth-order valence-corrected chi connectivity index (χ4v) is 3.34. The number of hydrogen-bond donors (Lipinski definition) is 2. The van der Waals surface area contributed by atoms with Crippen LogP contribution in [0.3, 0.4) is 0 Å². The zero-order valence-corrected chi connectivity index (χ0v) is 16.8. The van der Waals surface area contributed by atoms with Gasteiger partial charge in [-0.1, -0.05) is 28.1 Å². The summed E-state index contributed by atoms with van der Waals surface area (Å²) in [5, 5.41) is 12.3. The van der Waals surface area contributed by atoms with Crippen LogP contribution < -0.4 is 5.32 Å². The molecule has 1 saturated heterocycles. The van der Waals surface area contributed by atoms with Gasteiger partial charge in [-0.2, -0.15) is 0 Å². The van der Waals surface area contributed by atoms with Gasteiger partial charge in [0, 0.05) is 35.7 Å². The van der Waals surface area contributed by atoms with E-state index in [1.807, 2.05) is 0 Å². The van der Waals surface area contributed by atoms with Crippen molar-refractivity contribution in [3.8, 4) is 0 Å². The average molecular weight is 431 g/mol. The maximum Gasteiger partial charge on any atom is 0.331 e. The van der Waals surface area contributed by atoms with Crippen LogP contribution in [-0.4, -0.2) is 51.6 Å². The Bertz CT molecular complexity index is 806. The number of anilines is 1. The fourth-order valence-electron chi connectivity index (χ4n) is 3.07. The van der Waals surface area contributed by atoms with Crippen molar-refractivity contribution >= 4 is 33.8 Å². The summed E-state index contributed by atoms with van der Waals surface area (Å²) in [7, 11) is 0. The zero-order valence-electron chi connectivity index (χ0n) is 15.2. The molecule has 1 atom stereocenters. The number of carbonyl (C=O) groups is 1. The molecule has 0 unspecified atom stereocenters. The van der Waals surface area contributed by atoms with Gasteiger partial charge in [-0.3, -0.25) is 4.98 Å². The largest absolute Gasteiger partial charge is 0.478 e. The molecule has 2 aromatic rings. The second-order valence-corrected chi connectivity index (χ2v) is 7.68. The number of benzene rings is 1. The standard InChI is InChI=1S/C20H23BrN4O2/c1-14(20(26)27)10-18-11-23-19(12-22-18)24-17-7-9-25(13-17)8-6-15-2-4-16(21)5-3-15/h2-5,10-12,17H,6-9,13H2,1H3,(H,23,24)(H,26,27)/t17-/m1/s1. The van der Waals surface area contributed by atoms with Crippen LogP contribution in [0.4, 0.5) is 5.82 Å². The van der Waals surface area contributed by atoms with E-state index in [1.165, 1.54) is 18.6 Å². The highest BCUT2D eigenvalue weighted by molar-refractivity contribution is 9.10. The molecule has 0 bridgehead atoms. The summed E-state index contributed by atoms with van der Waals surface area (Å²) in [5.74, 6) is -0.229. The van der Waals surface area contributed by atoms with Crippen molar-refractivity contribution in [3.05, 3.63) is 58.0 Å². The quantitative estimate of drug-likeness (QED) is 0.654. The highest BCUT2D eigenvalue weighted by atomic mass is 79.9. The molecule has 0 radical (unpaired) electrons. The molecule has 2 heterocycles. The molecule has 0 aliphatic carbocycles. The van der Waals surface area contributed by atoms with Gasteiger partial charge >= 0.3 is 5.97 Å². The van der Waals surface area contributed by atoms with Crippen molar-refractivity contribution in [3.63, 3.8) is 0 Å². The Balaban J connectivity index is 1.47. The van der Waals surface area contributed by atoms with E-state index < -0.39 is 5.97 Å². The van der Waals surface area contributed by atoms with E-state index in [2.05, 4.69) is 60.4 Å². The highest BCUT2D eigenvalue weighted by Crippen LogP contribution is 2.16. The molecule has 1 aromatic heterocycles. The molecule has 3 rings (SSSR count). The molecule has 1 aromatic carbocycles. The Kier molecular flexibility index (Phi) is 6.58. The predicted octanol–water partition coefficient (Wildman–Crippen LogP) is 3.46. The van der Waals surface area contributed by atoms with E-state index >= 15 is 0 Å². The van der Waals surface area contributed by atoms with E-state index in [1.54, 1.807) is 12.4 Å². The number of hydrogen-bond acceptors (Lipinski definition) is 5. The molecule has 2 N–H and O–H groups in total. The maximum absolute atomic E-state index is 10.9. The first-order valence-corrected chi connectivity index (χ1v) is 9.76. The predicted molar refractivity (Wildman–Crippen MR) is 110 cm³/mol. The maximum atomic E-state index is 10.9. The number of halogens is 1. The van der Waals surface area contributed by atoms with Crippen molar-refractivity contribution < 1.29 is 9.90 Å². The number of aromatic nitrogens is 2. The lowest BCUT2D eigenvalue weighted by atomic mass is 10.1. The van der Waals surface area contributed by atoms with Crippen LogP contribution in [0.2, 0.25) is 0 Å². The van der Waals surface area contributed by atoms with Gasteiger partial charge in [0.25, 0.3) is 0 Å². The summed E-state index contributed by atoms with van der Waals surface area (Å²) in [5.41, 5.74) is 2.13. The molecule has 142 valence electrons. The number of nitrogens with one attached hydrogen (secondary N) is 1. The summed E-state index contributed by atoms with van der Waals surface area (Å²) >= 11 is 3.47. The van der Waals surface area contributed by atoms with Crippen molar-refractivity contribution in [2.75, 3.05) is 25.0 Å². The number of aliphatic carboxylic acids is 1. The van der Waals surface area contributed by atoms with E-state index in [-0.39, 0.29) is 5.57 Å². The number of likely N-dealkylation sites (tertiary alicyclic amines) is 1. The van der Waals surface area contributed by atoms with Crippen LogP contribution in [0.15, 0.2) is 46.7 Å². The molecular formula is C20H23BrN4O2. The Morgan fingerprint density at radius 1 is 1.33 bits per heavy atom. The number of rotatable bonds is 7. The van der Waals surface area contributed by atoms with Gasteiger partial charge in [-0.25, -0.2) is 9.78 Å². The highest BCUT2D eigenvalue weighted by Gasteiger charge is 2.22. The van der Waals surface area contributed by atoms with Crippen LogP contribution in [0, 0.1) is 0 Å². The van der Waals surface area contributed by atoms with Crippen molar-refractivity contribution in [1.29, 1.82) is 0 Å². The second-order valence-electron chi connectivity index (χ2n) is 6.77. The number of carboxylic acids is 1. The molecule has 1 aliphatic rings. The summed E-state index contributed by atoms with van der Waals surface area (Å²) in [6.07, 6.45) is 6.88. The monoisotopic (exact) mass is 430 g/mol. The second kappa shape index (κ2) is 9.10. The molecule has 1 aliphatic heterocycles. The lowest BCUT2D eigenvalue weighted by molar-refractivity contribution is -0.132. The Morgan fingerprint density at radius 3 is 2.78 bits per heavy atom. The molecular weight excluding hydrogens is 408 g/mol. The minimum Gasteiger partial charge on any atom is -0.478 e. The molecule has 27 heavy (non-hydrogen) atoms. The first kappa shape index (κ1) is 19.5. The SMILES string of the molecule is CC(=Cc1cnc(N[C@@H]2CCN(CCc3ccc(Br)cc3)C2)cn1)C(=O)O. The van der Waals surface area contributed by atoms with Gasteiger partial charge in [0.15, 0.2) is 0 Å². The summed E-state index contributed by atoms with van der Waals surface area (Å²) in [4.78, 5) is 21.9. The molecule has 0 amide bonds. The van der Waals surface area contributed by atoms with Gasteiger partial charge < -0.3 is 15.3 Å². The fraction of sp³-hybridized carbons (Fsp3) is 0.350. The Labute approximate surface area is 167 Å². The molecule has 6 nitrogen and oxygen atoms in total. The number of nitrogens with zero attached hydrogens (tertiary/aromatic N) is 3. The Hall–Kier alpha value is -2.25. The van der Waals surface area contributed by atoms with Gasteiger partial charge in [0.2, 0.25) is 0 Å². The zero-order chi connectivity index (χ0) is 19.2. The van der Waals surface area contributed by atoms with Gasteiger partial charge in [0.1, 0.15) is 5.82 Å². The van der Waals surface area contributed by atoms with Crippen molar-refractivity contribution in [2.45, 2.75) is 25.8 Å². The minimum absolute atomic E-state index is 0.238. The third-order valence-electron chi connectivity index (χ3n) is 4.63. The van der Waals surface area contributed by atoms with Crippen LogP contribution in [0.5, 0.6) is 0 Å². The van der Waals surface area contributed by atoms with Crippen LogP contribution in [-0.2, 0) is 11.2 Å². The first-order chi connectivity index (χ1) is 13.0. The molecule has 7 heteroatoms. The van der Waals surface area contributed by atoms with Crippen LogP contribution in [0.1, 0.15) is 24.6 Å². The van der Waals surface area contributed by atoms with Crippen molar-refractivity contribution in [1.82, 2.24) is 14.9 Å². The van der Waals surface area contributed by atoms with Crippen molar-refractivity contribution in [2.24, 2.45) is 0 Å². The lowest BCUT2D eigenvalue weighted by Gasteiger charge is -2.17. The molecule has 1 fully saturated rings. The summed E-state index contributed by atoms with van der Waals surface area (Å²) in [6, 6.07) is 8.84. The minimum atomic E-state index is -0.951.